The third kappa shape index (κ3) is 2.09. The van der Waals surface area contributed by atoms with E-state index in [9.17, 15) is 9.90 Å². The smallest absolute Gasteiger partial charge is 0.274 e. The van der Waals surface area contributed by atoms with Crippen molar-refractivity contribution in [3.63, 3.8) is 0 Å². The first-order valence-electron chi connectivity index (χ1n) is 4.07. The molecule has 0 aliphatic carbocycles. The Hall–Kier alpha value is -1.85. The zero-order chi connectivity index (χ0) is 10.7. The summed E-state index contributed by atoms with van der Waals surface area (Å²) in [4.78, 5) is 11.4. The highest BCUT2D eigenvalue weighted by atomic mass is 16.3. The largest absolute Gasteiger partial charge is 0.502 e. The molecule has 76 valence electrons. The molecule has 1 rings (SSSR count). The van der Waals surface area contributed by atoms with E-state index in [0.29, 0.717) is 0 Å². The number of hydrogen-bond donors (Lipinski definition) is 3. The SMILES string of the molecule is CC(C)NC(=O)c1cnnc(O)c1O. The maximum atomic E-state index is 11.4. The van der Waals surface area contributed by atoms with E-state index in [4.69, 9.17) is 5.11 Å². The van der Waals surface area contributed by atoms with Crippen LogP contribution in [0.2, 0.25) is 0 Å². The maximum absolute atomic E-state index is 11.4. The Morgan fingerprint density at radius 3 is 2.71 bits per heavy atom. The zero-order valence-electron chi connectivity index (χ0n) is 7.85. The molecule has 0 aromatic carbocycles. The van der Waals surface area contributed by atoms with Crippen LogP contribution in [-0.2, 0) is 0 Å². The Labute approximate surface area is 80.6 Å². The van der Waals surface area contributed by atoms with Crippen LogP contribution >= 0.6 is 0 Å². The second-order valence-electron chi connectivity index (χ2n) is 3.06. The van der Waals surface area contributed by atoms with Crippen molar-refractivity contribution in [2.24, 2.45) is 0 Å². The summed E-state index contributed by atoms with van der Waals surface area (Å²) in [6, 6.07) is -0.0581. The van der Waals surface area contributed by atoms with Gasteiger partial charge in [0.25, 0.3) is 11.8 Å². The fourth-order valence-electron chi connectivity index (χ4n) is 0.876. The highest BCUT2D eigenvalue weighted by Gasteiger charge is 2.16. The number of nitrogens with zero attached hydrogens (tertiary/aromatic N) is 2. The molecule has 0 unspecified atom stereocenters. The third-order valence-corrected chi connectivity index (χ3v) is 1.47. The third-order valence-electron chi connectivity index (χ3n) is 1.47. The lowest BCUT2D eigenvalue weighted by Crippen LogP contribution is -2.30. The van der Waals surface area contributed by atoms with Crippen molar-refractivity contribution in [3.8, 4) is 11.6 Å². The molecule has 14 heavy (non-hydrogen) atoms. The highest BCUT2D eigenvalue weighted by Crippen LogP contribution is 2.24. The van der Waals surface area contributed by atoms with Gasteiger partial charge in [0, 0.05) is 6.04 Å². The molecule has 1 aromatic heterocycles. The van der Waals surface area contributed by atoms with Crippen molar-refractivity contribution in [3.05, 3.63) is 11.8 Å². The predicted molar refractivity (Wildman–Crippen MR) is 48.0 cm³/mol. The summed E-state index contributed by atoms with van der Waals surface area (Å²) in [6.45, 7) is 3.56. The van der Waals surface area contributed by atoms with Crippen molar-refractivity contribution >= 4 is 5.91 Å². The fourth-order valence-corrected chi connectivity index (χ4v) is 0.876. The summed E-state index contributed by atoms with van der Waals surface area (Å²) in [7, 11) is 0. The quantitative estimate of drug-likeness (QED) is 0.621. The van der Waals surface area contributed by atoms with Crippen LogP contribution in [0.15, 0.2) is 6.20 Å². The normalized spacial score (nSPS) is 10.2. The Balaban J connectivity index is 2.96. The summed E-state index contributed by atoms with van der Waals surface area (Å²) >= 11 is 0. The van der Waals surface area contributed by atoms with E-state index in [-0.39, 0.29) is 11.6 Å². The molecular formula is C8H11N3O3. The number of rotatable bonds is 2. The fraction of sp³-hybridized carbons (Fsp3) is 0.375. The minimum Gasteiger partial charge on any atom is -0.502 e. The summed E-state index contributed by atoms with van der Waals surface area (Å²) in [5.41, 5.74) is -0.0915. The van der Waals surface area contributed by atoms with Gasteiger partial charge in [-0.1, -0.05) is 0 Å². The molecule has 0 spiro atoms. The lowest BCUT2D eigenvalue weighted by atomic mass is 10.2. The van der Waals surface area contributed by atoms with Crippen LogP contribution in [0, 0.1) is 0 Å². The minimum atomic E-state index is -0.651. The molecule has 0 bridgehead atoms. The van der Waals surface area contributed by atoms with Gasteiger partial charge in [-0.05, 0) is 13.8 Å². The van der Waals surface area contributed by atoms with Crippen LogP contribution in [0.4, 0.5) is 0 Å². The lowest BCUT2D eigenvalue weighted by Gasteiger charge is -2.08. The summed E-state index contributed by atoms with van der Waals surface area (Å²) in [6.07, 6.45) is 1.09. The molecule has 1 heterocycles. The average molecular weight is 197 g/mol. The number of carbonyl (C=O) groups excluding carboxylic acids is 1. The molecule has 0 fully saturated rings. The van der Waals surface area contributed by atoms with Gasteiger partial charge in [0.2, 0.25) is 0 Å². The van der Waals surface area contributed by atoms with Crippen LogP contribution in [0.25, 0.3) is 0 Å². The van der Waals surface area contributed by atoms with E-state index in [1.165, 1.54) is 0 Å². The van der Waals surface area contributed by atoms with E-state index in [0.717, 1.165) is 6.20 Å². The molecule has 0 aliphatic rings. The number of nitrogens with one attached hydrogen (secondary N) is 1. The van der Waals surface area contributed by atoms with Crippen LogP contribution in [0.5, 0.6) is 11.6 Å². The van der Waals surface area contributed by atoms with Gasteiger partial charge in [-0.15, -0.1) is 5.10 Å². The molecule has 0 saturated carbocycles. The van der Waals surface area contributed by atoms with Crippen LogP contribution < -0.4 is 5.32 Å². The number of carbonyl (C=O) groups is 1. The van der Waals surface area contributed by atoms with Gasteiger partial charge >= 0.3 is 0 Å². The first-order valence-corrected chi connectivity index (χ1v) is 4.07. The molecule has 0 aliphatic heterocycles. The number of hydrogen-bond acceptors (Lipinski definition) is 5. The maximum Gasteiger partial charge on any atom is 0.274 e. The van der Waals surface area contributed by atoms with Crippen LogP contribution in [-0.4, -0.2) is 32.4 Å². The molecule has 0 saturated heterocycles. The van der Waals surface area contributed by atoms with Gasteiger partial charge < -0.3 is 15.5 Å². The summed E-state index contributed by atoms with van der Waals surface area (Å²) < 4.78 is 0. The highest BCUT2D eigenvalue weighted by molar-refractivity contribution is 5.97. The van der Waals surface area contributed by atoms with E-state index in [1.54, 1.807) is 13.8 Å². The average Bonchev–Trinajstić information content (AvgIpc) is 2.08. The number of aromatic hydroxyl groups is 2. The van der Waals surface area contributed by atoms with Crippen molar-refractivity contribution in [2.75, 3.05) is 0 Å². The van der Waals surface area contributed by atoms with Gasteiger partial charge in [0.15, 0.2) is 5.75 Å². The van der Waals surface area contributed by atoms with E-state index in [2.05, 4.69) is 15.5 Å². The van der Waals surface area contributed by atoms with Crippen molar-refractivity contribution in [1.29, 1.82) is 0 Å². The lowest BCUT2D eigenvalue weighted by molar-refractivity contribution is 0.0939. The number of amides is 1. The molecule has 6 nitrogen and oxygen atoms in total. The van der Waals surface area contributed by atoms with E-state index in [1.807, 2.05) is 0 Å². The van der Waals surface area contributed by atoms with Crippen molar-refractivity contribution in [1.82, 2.24) is 15.5 Å². The monoisotopic (exact) mass is 197 g/mol. The van der Waals surface area contributed by atoms with Crippen LogP contribution in [0.3, 0.4) is 0 Å². The topological polar surface area (TPSA) is 95.3 Å². The minimum absolute atomic E-state index is 0.0581. The standard InChI is InChI=1S/C8H11N3O3/c1-4(2)10-7(13)5-3-9-11-8(14)6(5)12/h3-4H,1-2H3,(H,9,12)(H,10,13)(H,11,14). The second-order valence-corrected chi connectivity index (χ2v) is 3.06. The molecule has 0 atom stereocenters. The van der Waals surface area contributed by atoms with Crippen molar-refractivity contribution < 1.29 is 15.0 Å². The molecule has 6 heteroatoms. The predicted octanol–water partition coefficient (Wildman–Crippen LogP) is 0.0260. The van der Waals surface area contributed by atoms with Gasteiger partial charge in [-0.2, -0.15) is 5.10 Å². The molecule has 1 aromatic rings. The van der Waals surface area contributed by atoms with Gasteiger partial charge in [0.1, 0.15) is 5.56 Å². The van der Waals surface area contributed by atoms with Gasteiger partial charge in [0.05, 0.1) is 6.20 Å². The first-order chi connectivity index (χ1) is 6.52. The Bertz CT molecular complexity index is 352. The van der Waals surface area contributed by atoms with Gasteiger partial charge in [-0.25, -0.2) is 0 Å². The van der Waals surface area contributed by atoms with Crippen LogP contribution in [0.1, 0.15) is 24.2 Å². The summed E-state index contributed by atoms with van der Waals surface area (Å²) in [5.74, 6) is -1.71. The van der Waals surface area contributed by atoms with Gasteiger partial charge in [-0.3, -0.25) is 4.79 Å². The molecule has 1 amide bonds. The number of aromatic nitrogens is 2. The molecule has 3 N–H and O–H groups in total. The Morgan fingerprint density at radius 1 is 1.50 bits per heavy atom. The summed E-state index contributed by atoms with van der Waals surface area (Å²) in [5, 5.41) is 27.3. The molecular weight excluding hydrogens is 186 g/mol. The van der Waals surface area contributed by atoms with E-state index >= 15 is 0 Å². The second kappa shape index (κ2) is 3.91. The van der Waals surface area contributed by atoms with E-state index < -0.39 is 17.5 Å². The zero-order valence-corrected chi connectivity index (χ0v) is 7.85. The Morgan fingerprint density at radius 2 is 2.14 bits per heavy atom. The first kappa shape index (κ1) is 10.2. The molecule has 0 radical (unpaired) electrons. The van der Waals surface area contributed by atoms with Crippen molar-refractivity contribution in [2.45, 2.75) is 19.9 Å². The Kier molecular flexibility index (Phi) is 2.85.